The fourth-order valence-corrected chi connectivity index (χ4v) is 4.61. The second-order valence-electron chi connectivity index (χ2n) is 9.59. The molecule has 0 aliphatic carbocycles. The summed E-state index contributed by atoms with van der Waals surface area (Å²) < 4.78 is 13.5. The van der Waals surface area contributed by atoms with Crippen molar-refractivity contribution in [3.05, 3.63) is 66.2 Å². The van der Waals surface area contributed by atoms with Gasteiger partial charge in [-0.25, -0.2) is 9.59 Å². The number of nitrogens with zero attached hydrogens (tertiary/aromatic N) is 2. The number of aromatic nitrogens is 4. The van der Waals surface area contributed by atoms with Crippen molar-refractivity contribution in [2.45, 2.75) is 89.4 Å². The summed E-state index contributed by atoms with van der Waals surface area (Å²) in [5, 5.41) is 30.7. The summed E-state index contributed by atoms with van der Waals surface area (Å²) in [7, 11) is 0. The van der Waals surface area contributed by atoms with Crippen LogP contribution in [0.15, 0.2) is 43.7 Å². The average Bonchev–Trinajstić information content (AvgIpc) is 3.17. The number of H-pyrrole nitrogens is 2. The molecular formula is C23H34N4O9. The van der Waals surface area contributed by atoms with Crippen molar-refractivity contribution in [2.75, 3.05) is 0 Å². The van der Waals surface area contributed by atoms with E-state index in [9.17, 15) is 34.5 Å². The van der Waals surface area contributed by atoms with Gasteiger partial charge in [-0.2, -0.15) is 0 Å². The molecule has 0 saturated carbocycles. The van der Waals surface area contributed by atoms with Gasteiger partial charge < -0.3 is 24.8 Å². The van der Waals surface area contributed by atoms with Gasteiger partial charge in [0, 0.05) is 30.4 Å². The lowest BCUT2D eigenvalue weighted by molar-refractivity contribution is -0.0975. The van der Waals surface area contributed by atoms with E-state index in [4.69, 9.17) is 9.47 Å². The lowest BCUT2D eigenvalue weighted by Crippen LogP contribution is -2.46. The van der Waals surface area contributed by atoms with Crippen LogP contribution in [0, 0.1) is 5.92 Å². The van der Waals surface area contributed by atoms with Gasteiger partial charge in [0.05, 0.1) is 12.2 Å². The van der Waals surface area contributed by atoms with Crippen LogP contribution < -0.4 is 22.5 Å². The second kappa shape index (κ2) is 10.3. The highest BCUT2D eigenvalue weighted by Gasteiger charge is 2.53. The van der Waals surface area contributed by atoms with Crippen molar-refractivity contribution in [3.8, 4) is 0 Å². The third-order valence-electron chi connectivity index (χ3n) is 7.05. The molecule has 2 aromatic heterocycles. The molecule has 36 heavy (non-hydrogen) atoms. The Labute approximate surface area is 206 Å². The van der Waals surface area contributed by atoms with Gasteiger partial charge in [-0.05, 0) is 26.7 Å². The molecule has 13 heteroatoms. The van der Waals surface area contributed by atoms with Crippen LogP contribution in [0.3, 0.4) is 0 Å². The van der Waals surface area contributed by atoms with Crippen LogP contribution in [0.4, 0.5) is 0 Å². The van der Waals surface area contributed by atoms with Crippen LogP contribution in [0.2, 0.25) is 0 Å². The summed E-state index contributed by atoms with van der Waals surface area (Å²) >= 11 is 0. The Morgan fingerprint density at radius 2 is 1.25 bits per heavy atom. The molecule has 0 radical (unpaired) electrons. The maximum atomic E-state index is 11.7. The molecule has 2 aliphatic heterocycles. The third kappa shape index (κ3) is 5.02. The quantitative estimate of drug-likeness (QED) is 0.350. The van der Waals surface area contributed by atoms with Crippen LogP contribution >= 0.6 is 0 Å². The topological polar surface area (TPSA) is 189 Å². The largest absolute Gasteiger partial charge is 0.387 e. The highest BCUT2D eigenvalue weighted by Crippen LogP contribution is 2.42. The van der Waals surface area contributed by atoms with Gasteiger partial charge in [0.2, 0.25) is 0 Å². The summed E-state index contributed by atoms with van der Waals surface area (Å²) in [6.45, 7) is 8.72. The van der Waals surface area contributed by atoms with Crippen molar-refractivity contribution < 1.29 is 24.8 Å². The van der Waals surface area contributed by atoms with Gasteiger partial charge in [0.25, 0.3) is 11.1 Å². The monoisotopic (exact) mass is 510 g/mol. The Hall–Kier alpha value is -2.84. The molecule has 4 heterocycles. The molecule has 200 valence electrons. The molecule has 0 aromatic carbocycles. The van der Waals surface area contributed by atoms with Crippen molar-refractivity contribution in [3.63, 3.8) is 0 Å². The minimum atomic E-state index is -1.59. The second-order valence-corrected chi connectivity index (χ2v) is 9.59. The zero-order valence-electron chi connectivity index (χ0n) is 20.9. The van der Waals surface area contributed by atoms with E-state index in [0.29, 0.717) is 6.42 Å². The standard InChI is InChI=1S/C12H18N2O4.C11H16N2O5/c1-4-8-7(2)12(3,17)10(18-8)14-6-5-9(15)13-11(14)16;1-3-6-8(15)11(2,17)9(18-6)13-5-4-7(14)12-10(13)16/h5-8,10,17H,4H2,1-3H3,(H,13,15,16);4-6,8-9,15,17H,3H2,1-2H3,(H,12,14,16). The van der Waals surface area contributed by atoms with Crippen molar-refractivity contribution in [1.29, 1.82) is 0 Å². The number of aliphatic hydroxyl groups is 3. The van der Waals surface area contributed by atoms with Crippen molar-refractivity contribution in [2.24, 2.45) is 5.92 Å². The predicted molar refractivity (Wildman–Crippen MR) is 127 cm³/mol. The number of hydrogen-bond donors (Lipinski definition) is 5. The predicted octanol–water partition coefficient (Wildman–Crippen LogP) is -0.813. The van der Waals surface area contributed by atoms with Crippen LogP contribution in [0.5, 0.6) is 0 Å². The highest BCUT2D eigenvalue weighted by molar-refractivity contribution is 5.01. The number of hydrogen-bond acceptors (Lipinski definition) is 9. The molecule has 0 amide bonds. The van der Waals surface area contributed by atoms with E-state index in [1.54, 1.807) is 6.92 Å². The molecule has 0 bridgehead atoms. The first kappa shape index (κ1) is 27.7. The van der Waals surface area contributed by atoms with Gasteiger partial charge in [-0.1, -0.05) is 20.8 Å². The summed E-state index contributed by atoms with van der Waals surface area (Å²) in [5.41, 5.74) is -4.99. The first-order valence-corrected chi connectivity index (χ1v) is 11.8. The normalized spacial score (nSPS) is 35.9. The van der Waals surface area contributed by atoms with E-state index >= 15 is 0 Å². The third-order valence-corrected chi connectivity index (χ3v) is 7.05. The Balaban J connectivity index is 0.000000201. The number of nitrogens with one attached hydrogen (secondary N) is 2. The van der Waals surface area contributed by atoms with E-state index in [1.165, 1.54) is 30.0 Å². The molecule has 13 nitrogen and oxygen atoms in total. The van der Waals surface area contributed by atoms with Crippen LogP contribution in [-0.2, 0) is 9.47 Å². The molecule has 2 aliphatic rings. The highest BCUT2D eigenvalue weighted by atomic mass is 16.6. The van der Waals surface area contributed by atoms with Gasteiger partial charge >= 0.3 is 11.4 Å². The molecular weight excluding hydrogens is 476 g/mol. The summed E-state index contributed by atoms with van der Waals surface area (Å²) in [6, 6.07) is 2.40. The van der Waals surface area contributed by atoms with Crippen LogP contribution in [0.25, 0.3) is 0 Å². The zero-order valence-corrected chi connectivity index (χ0v) is 20.9. The fraction of sp³-hybridized carbons (Fsp3) is 0.652. The molecule has 2 saturated heterocycles. The molecule has 8 unspecified atom stereocenters. The summed E-state index contributed by atoms with van der Waals surface area (Å²) in [5.74, 6) is -0.0914. The smallest absolute Gasteiger partial charge is 0.330 e. The Kier molecular flexibility index (Phi) is 7.91. The zero-order chi connectivity index (χ0) is 27.0. The summed E-state index contributed by atoms with van der Waals surface area (Å²) in [4.78, 5) is 49.6. The maximum absolute atomic E-state index is 11.7. The minimum absolute atomic E-state index is 0.0914. The lowest BCUT2D eigenvalue weighted by atomic mass is 9.87. The van der Waals surface area contributed by atoms with Crippen LogP contribution in [-0.4, -0.2) is 63.9 Å². The summed E-state index contributed by atoms with van der Waals surface area (Å²) in [6.07, 6.45) is 0.302. The van der Waals surface area contributed by atoms with E-state index < -0.39 is 58.4 Å². The first-order chi connectivity index (χ1) is 16.7. The number of ether oxygens (including phenoxy) is 2. The van der Waals surface area contributed by atoms with E-state index in [2.05, 4.69) is 9.97 Å². The SMILES string of the molecule is CCC1OC(n2ccc(=O)[nH]c2=O)C(C)(O)C1C.CCC1OC(n2ccc(=O)[nH]c2=O)C(C)(O)C1O. The van der Waals surface area contributed by atoms with Gasteiger partial charge in [-0.15, -0.1) is 0 Å². The first-order valence-electron chi connectivity index (χ1n) is 11.8. The number of rotatable bonds is 4. The Morgan fingerprint density at radius 1 is 0.833 bits per heavy atom. The fourth-order valence-electron chi connectivity index (χ4n) is 4.61. The minimum Gasteiger partial charge on any atom is -0.387 e. The Bertz CT molecular complexity index is 1190. The molecule has 2 aromatic rings. The van der Waals surface area contributed by atoms with Crippen molar-refractivity contribution >= 4 is 0 Å². The lowest BCUT2D eigenvalue weighted by Gasteiger charge is -2.28. The van der Waals surface area contributed by atoms with E-state index in [0.717, 1.165) is 17.1 Å². The molecule has 5 N–H and O–H groups in total. The van der Waals surface area contributed by atoms with E-state index in [1.807, 2.05) is 20.8 Å². The van der Waals surface area contributed by atoms with Gasteiger partial charge in [-0.3, -0.25) is 28.7 Å². The molecule has 4 rings (SSSR count). The number of aliphatic hydroxyl groups excluding tert-OH is 1. The van der Waals surface area contributed by atoms with Crippen LogP contribution in [0.1, 0.15) is 59.9 Å². The molecule has 8 atom stereocenters. The molecule has 2 fully saturated rings. The van der Waals surface area contributed by atoms with Gasteiger partial charge in [0.1, 0.15) is 17.3 Å². The Morgan fingerprint density at radius 3 is 1.61 bits per heavy atom. The maximum Gasteiger partial charge on any atom is 0.330 e. The van der Waals surface area contributed by atoms with Crippen molar-refractivity contribution in [1.82, 2.24) is 19.1 Å². The van der Waals surface area contributed by atoms with E-state index in [-0.39, 0.29) is 12.0 Å². The number of aromatic amines is 2. The average molecular weight is 511 g/mol. The van der Waals surface area contributed by atoms with Gasteiger partial charge in [0.15, 0.2) is 12.5 Å². The molecule has 0 spiro atoms.